The van der Waals surface area contributed by atoms with Crippen LogP contribution in [0.4, 0.5) is 24.5 Å². The maximum atomic E-state index is 12.8. The van der Waals surface area contributed by atoms with Crippen molar-refractivity contribution >= 4 is 17.3 Å². The fourth-order valence-electron chi connectivity index (χ4n) is 1.56. The first kappa shape index (κ1) is 16.9. The van der Waals surface area contributed by atoms with E-state index in [-0.39, 0.29) is 12.1 Å². The molecule has 0 spiro atoms. The van der Waals surface area contributed by atoms with Crippen molar-refractivity contribution in [2.75, 3.05) is 12.4 Å². The lowest BCUT2D eigenvalue weighted by Gasteiger charge is -2.12. The molecule has 6 nitrogen and oxygen atoms in total. The summed E-state index contributed by atoms with van der Waals surface area (Å²) in [7, 11) is 1.39. The number of alkyl halides is 3. The summed E-state index contributed by atoms with van der Waals surface area (Å²) >= 11 is 0. The molecule has 0 aliphatic rings. The van der Waals surface area contributed by atoms with Gasteiger partial charge in [0.25, 0.3) is 5.69 Å². The van der Waals surface area contributed by atoms with Crippen LogP contribution < -0.4 is 5.32 Å². The van der Waals surface area contributed by atoms with Crippen LogP contribution in [0.25, 0.3) is 0 Å². The van der Waals surface area contributed by atoms with E-state index in [1.807, 2.05) is 0 Å². The lowest BCUT2D eigenvalue weighted by atomic mass is 10.1. The Morgan fingerprint density at radius 1 is 1.48 bits per heavy atom. The number of anilines is 1. The minimum Gasteiger partial charge on any atom is -0.381 e. The summed E-state index contributed by atoms with van der Waals surface area (Å²) in [4.78, 5) is 21.0. The third-order valence-corrected chi connectivity index (χ3v) is 2.66. The normalized spacial score (nSPS) is 12.8. The van der Waals surface area contributed by atoms with Gasteiger partial charge in [0.05, 0.1) is 17.4 Å². The topological polar surface area (TPSA) is 81.5 Å². The van der Waals surface area contributed by atoms with E-state index in [9.17, 15) is 28.1 Å². The van der Waals surface area contributed by atoms with E-state index < -0.39 is 34.4 Å². The molecular weight excluding hydrogens is 293 g/mol. The molecule has 0 bridgehead atoms. The molecule has 0 aliphatic carbocycles. The molecule has 0 fully saturated rings. The number of nitrogens with zero attached hydrogens (tertiary/aromatic N) is 1. The number of nitro groups is 1. The van der Waals surface area contributed by atoms with Crippen molar-refractivity contribution in [3.8, 4) is 0 Å². The number of nitrogens with one attached hydrogen (secondary N) is 1. The molecule has 0 aromatic heterocycles. The molecule has 9 heteroatoms. The minimum absolute atomic E-state index is 0.0468. The Morgan fingerprint density at radius 3 is 2.57 bits per heavy atom. The number of carbonyl (C=O) groups excluding carboxylic acids is 1. The average molecular weight is 306 g/mol. The van der Waals surface area contributed by atoms with Gasteiger partial charge in [-0.15, -0.1) is 0 Å². The van der Waals surface area contributed by atoms with E-state index >= 15 is 0 Å². The molecule has 0 radical (unpaired) electrons. The van der Waals surface area contributed by atoms with Crippen molar-refractivity contribution in [2.45, 2.75) is 25.6 Å². The Morgan fingerprint density at radius 2 is 2.10 bits per heavy atom. The summed E-state index contributed by atoms with van der Waals surface area (Å²) in [6, 6.07) is 2.29. The van der Waals surface area contributed by atoms with Gasteiger partial charge in [0, 0.05) is 18.9 Å². The van der Waals surface area contributed by atoms with Gasteiger partial charge >= 0.3 is 6.18 Å². The summed E-state index contributed by atoms with van der Waals surface area (Å²) < 4.78 is 43.1. The fraction of sp³-hybridized carbons (Fsp3) is 0.417. The second kappa shape index (κ2) is 6.53. The molecule has 0 saturated carbocycles. The van der Waals surface area contributed by atoms with Gasteiger partial charge in [-0.1, -0.05) is 0 Å². The molecule has 116 valence electrons. The summed E-state index contributed by atoms with van der Waals surface area (Å²) in [6.07, 6.45) is -5.33. The first-order valence-corrected chi connectivity index (χ1v) is 5.83. The standard InChI is InChI=1S/C12H13F3N2O4/c1-7(21-2)5-11(18)16-8-3-4-10(17(19)20)9(6-8)12(13,14)15/h3-4,6-7H,5H2,1-2H3,(H,16,18)/t7-/m1/s1. The molecule has 21 heavy (non-hydrogen) atoms. The van der Waals surface area contributed by atoms with Crippen LogP contribution in [0.3, 0.4) is 0 Å². The highest BCUT2D eigenvalue weighted by Crippen LogP contribution is 2.37. The molecular formula is C12H13F3N2O4. The fourth-order valence-corrected chi connectivity index (χ4v) is 1.56. The molecule has 0 heterocycles. The van der Waals surface area contributed by atoms with Crippen LogP contribution >= 0.6 is 0 Å². The van der Waals surface area contributed by atoms with Gasteiger partial charge in [0.15, 0.2) is 0 Å². The van der Waals surface area contributed by atoms with Gasteiger partial charge in [-0.25, -0.2) is 0 Å². The van der Waals surface area contributed by atoms with Crippen LogP contribution in [-0.4, -0.2) is 24.0 Å². The van der Waals surface area contributed by atoms with Gasteiger partial charge in [-0.2, -0.15) is 13.2 Å². The van der Waals surface area contributed by atoms with Crippen molar-refractivity contribution in [3.63, 3.8) is 0 Å². The summed E-state index contributed by atoms with van der Waals surface area (Å²) in [6.45, 7) is 1.62. The van der Waals surface area contributed by atoms with Crippen LogP contribution in [-0.2, 0) is 15.7 Å². The molecule has 1 amide bonds. The number of methoxy groups -OCH3 is 1. The van der Waals surface area contributed by atoms with E-state index in [2.05, 4.69) is 5.32 Å². The van der Waals surface area contributed by atoms with Crippen LogP contribution in [0.15, 0.2) is 18.2 Å². The smallest absolute Gasteiger partial charge is 0.381 e. The second-order valence-electron chi connectivity index (χ2n) is 4.29. The van der Waals surface area contributed by atoms with Crippen molar-refractivity contribution in [3.05, 3.63) is 33.9 Å². The van der Waals surface area contributed by atoms with E-state index in [4.69, 9.17) is 4.74 Å². The molecule has 0 saturated heterocycles. The molecule has 1 N–H and O–H groups in total. The van der Waals surface area contributed by atoms with E-state index in [0.717, 1.165) is 6.07 Å². The van der Waals surface area contributed by atoms with Gasteiger partial charge in [-0.05, 0) is 19.1 Å². The lowest BCUT2D eigenvalue weighted by molar-refractivity contribution is -0.388. The first-order valence-electron chi connectivity index (χ1n) is 5.83. The Kier molecular flexibility index (Phi) is 5.25. The monoisotopic (exact) mass is 306 g/mol. The van der Waals surface area contributed by atoms with Crippen LogP contribution in [0.2, 0.25) is 0 Å². The van der Waals surface area contributed by atoms with E-state index in [1.165, 1.54) is 7.11 Å². The summed E-state index contributed by atoms with van der Waals surface area (Å²) in [5, 5.41) is 12.8. The van der Waals surface area contributed by atoms with Crippen LogP contribution in [0.1, 0.15) is 18.9 Å². The maximum absolute atomic E-state index is 12.8. The van der Waals surface area contributed by atoms with E-state index in [1.54, 1.807) is 6.92 Å². The minimum atomic E-state index is -4.89. The second-order valence-corrected chi connectivity index (χ2v) is 4.29. The summed E-state index contributed by atoms with van der Waals surface area (Å²) in [5.74, 6) is -0.550. The van der Waals surface area contributed by atoms with Gasteiger partial charge < -0.3 is 10.1 Å². The molecule has 0 unspecified atom stereocenters. The SMILES string of the molecule is CO[C@H](C)CC(=O)Nc1ccc([N+](=O)[O-])c(C(F)(F)F)c1. The van der Waals surface area contributed by atoms with Gasteiger partial charge in [0.2, 0.25) is 5.91 Å². The Bertz CT molecular complexity index is 546. The molecule has 1 aromatic rings. The van der Waals surface area contributed by atoms with Crippen molar-refractivity contribution in [2.24, 2.45) is 0 Å². The average Bonchev–Trinajstić information content (AvgIpc) is 2.36. The third-order valence-electron chi connectivity index (χ3n) is 2.66. The Hall–Kier alpha value is -2.16. The number of halogens is 3. The van der Waals surface area contributed by atoms with Crippen LogP contribution in [0, 0.1) is 10.1 Å². The first-order chi connectivity index (χ1) is 9.65. The highest BCUT2D eigenvalue weighted by molar-refractivity contribution is 5.91. The number of hydrogen-bond acceptors (Lipinski definition) is 4. The molecule has 0 aliphatic heterocycles. The zero-order valence-electron chi connectivity index (χ0n) is 11.2. The maximum Gasteiger partial charge on any atom is 0.423 e. The highest BCUT2D eigenvalue weighted by atomic mass is 19.4. The predicted octanol–water partition coefficient (Wildman–Crippen LogP) is 2.98. The lowest BCUT2D eigenvalue weighted by Crippen LogP contribution is -2.19. The molecule has 1 aromatic carbocycles. The van der Waals surface area contributed by atoms with Crippen molar-refractivity contribution in [1.82, 2.24) is 0 Å². The van der Waals surface area contributed by atoms with Crippen LogP contribution in [0.5, 0.6) is 0 Å². The zero-order chi connectivity index (χ0) is 16.2. The van der Waals surface area contributed by atoms with Crippen molar-refractivity contribution in [1.29, 1.82) is 0 Å². The predicted molar refractivity (Wildman–Crippen MR) is 67.8 cm³/mol. The number of nitro benzene ring substituents is 1. The number of benzene rings is 1. The number of ether oxygens (including phenoxy) is 1. The van der Waals surface area contributed by atoms with Gasteiger partial charge in [0.1, 0.15) is 5.56 Å². The number of rotatable bonds is 5. The summed E-state index contributed by atoms with van der Waals surface area (Å²) in [5.41, 5.74) is -2.64. The Balaban J connectivity index is 3.01. The van der Waals surface area contributed by atoms with Gasteiger partial charge in [-0.3, -0.25) is 14.9 Å². The number of carbonyl (C=O) groups is 1. The zero-order valence-corrected chi connectivity index (χ0v) is 11.2. The quantitative estimate of drug-likeness (QED) is 0.669. The molecule has 1 atom stereocenters. The Labute approximate surface area is 118 Å². The molecule has 1 rings (SSSR count). The number of amides is 1. The number of hydrogen-bond donors (Lipinski definition) is 1. The third kappa shape index (κ3) is 4.71. The largest absolute Gasteiger partial charge is 0.423 e. The van der Waals surface area contributed by atoms with E-state index in [0.29, 0.717) is 12.1 Å². The highest BCUT2D eigenvalue weighted by Gasteiger charge is 2.38. The van der Waals surface area contributed by atoms with Crippen molar-refractivity contribution < 1.29 is 27.6 Å².